The third-order valence-electron chi connectivity index (χ3n) is 3.23. The fraction of sp³-hybridized carbons (Fsp3) is 0.0625. The number of amides is 1. The summed E-state index contributed by atoms with van der Waals surface area (Å²) in [7, 11) is 0. The van der Waals surface area contributed by atoms with Crippen LogP contribution in [0.2, 0.25) is 0 Å². The van der Waals surface area contributed by atoms with Crippen molar-refractivity contribution in [3.63, 3.8) is 0 Å². The number of aromatic nitrogens is 2. The number of carboxylic acid groups (broad SMARTS) is 1. The molecule has 1 heterocycles. The fourth-order valence-electron chi connectivity index (χ4n) is 2.22. The minimum atomic E-state index is -1.03. The molecule has 0 aliphatic rings. The molecule has 0 aliphatic carbocycles. The molecule has 0 saturated heterocycles. The molecule has 0 radical (unpaired) electrons. The van der Waals surface area contributed by atoms with Crippen LogP contribution in [0.3, 0.4) is 0 Å². The van der Waals surface area contributed by atoms with Gasteiger partial charge in [0.05, 0.1) is 22.9 Å². The molecule has 0 bridgehead atoms. The van der Waals surface area contributed by atoms with Crippen LogP contribution >= 0.6 is 0 Å². The third-order valence-corrected chi connectivity index (χ3v) is 3.23. The third kappa shape index (κ3) is 2.80. The number of nitrogens with one attached hydrogen (secondary N) is 1. The molecule has 0 unspecified atom stereocenters. The second-order valence-electron chi connectivity index (χ2n) is 4.80. The zero-order chi connectivity index (χ0) is 15.5. The van der Waals surface area contributed by atoms with Crippen molar-refractivity contribution in [1.29, 1.82) is 0 Å². The number of fused-ring (bicyclic) bond motifs is 1. The maximum absolute atomic E-state index is 12.1. The van der Waals surface area contributed by atoms with Crippen LogP contribution in [0, 0.1) is 0 Å². The van der Waals surface area contributed by atoms with Crippen molar-refractivity contribution in [3.8, 4) is 0 Å². The maximum Gasteiger partial charge on any atom is 0.335 e. The Bertz CT molecular complexity index is 854. The fourth-order valence-corrected chi connectivity index (χ4v) is 2.22. The summed E-state index contributed by atoms with van der Waals surface area (Å²) in [6, 6.07) is 13.7. The lowest BCUT2D eigenvalue weighted by Gasteiger charge is -2.07. The van der Waals surface area contributed by atoms with Crippen molar-refractivity contribution < 1.29 is 14.7 Å². The quantitative estimate of drug-likeness (QED) is 0.774. The first kappa shape index (κ1) is 13.8. The SMILES string of the molecule is O=C(Cn1cnc2ccccc21)Nc1cccc(C(=O)O)c1. The van der Waals surface area contributed by atoms with Crippen LogP contribution in [-0.2, 0) is 11.3 Å². The van der Waals surface area contributed by atoms with Crippen molar-refractivity contribution >= 4 is 28.6 Å². The van der Waals surface area contributed by atoms with Gasteiger partial charge in [-0.2, -0.15) is 0 Å². The summed E-state index contributed by atoms with van der Waals surface area (Å²) in [5.74, 6) is -1.28. The molecule has 1 aromatic heterocycles. The van der Waals surface area contributed by atoms with Crippen LogP contribution in [0.5, 0.6) is 0 Å². The lowest BCUT2D eigenvalue weighted by atomic mass is 10.2. The summed E-state index contributed by atoms with van der Waals surface area (Å²) in [5, 5.41) is 11.6. The van der Waals surface area contributed by atoms with E-state index in [9.17, 15) is 9.59 Å². The molecule has 0 spiro atoms. The number of imidazole rings is 1. The molecule has 0 aliphatic heterocycles. The predicted octanol–water partition coefficient (Wildman–Crippen LogP) is 2.37. The Morgan fingerprint density at radius 1 is 1.14 bits per heavy atom. The van der Waals surface area contributed by atoms with Gasteiger partial charge in [0.25, 0.3) is 0 Å². The van der Waals surface area contributed by atoms with Crippen LogP contribution < -0.4 is 5.32 Å². The van der Waals surface area contributed by atoms with Gasteiger partial charge in [-0.3, -0.25) is 4.79 Å². The summed E-state index contributed by atoms with van der Waals surface area (Å²) in [6.45, 7) is 0.109. The normalized spacial score (nSPS) is 10.5. The molecule has 22 heavy (non-hydrogen) atoms. The smallest absolute Gasteiger partial charge is 0.335 e. The summed E-state index contributed by atoms with van der Waals surface area (Å²) >= 11 is 0. The van der Waals surface area contributed by atoms with E-state index in [4.69, 9.17) is 5.11 Å². The Balaban J connectivity index is 1.75. The van der Waals surface area contributed by atoms with E-state index < -0.39 is 5.97 Å². The van der Waals surface area contributed by atoms with Crippen LogP contribution in [-0.4, -0.2) is 26.5 Å². The van der Waals surface area contributed by atoms with Gasteiger partial charge in [-0.05, 0) is 30.3 Å². The molecule has 2 N–H and O–H groups in total. The second-order valence-corrected chi connectivity index (χ2v) is 4.80. The lowest BCUT2D eigenvalue weighted by Crippen LogP contribution is -2.18. The molecule has 0 atom stereocenters. The molecule has 0 fully saturated rings. The highest BCUT2D eigenvalue weighted by molar-refractivity contribution is 5.94. The topological polar surface area (TPSA) is 84.2 Å². The van der Waals surface area contributed by atoms with Gasteiger partial charge in [-0.25, -0.2) is 9.78 Å². The number of para-hydroxylation sites is 2. The van der Waals surface area contributed by atoms with Gasteiger partial charge in [0.15, 0.2) is 0 Å². The van der Waals surface area contributed by atoms with Crippen LogP contribution in [0.1, 0.15) is 10.4 Å². The van der Waals surface area contributed by atoms with Gasteiger partial charge in [0.1, 0.15) is 6.54 Å². The largest absolute Gasteiger partial charge is 0.478 e. The van der Waals surface area contributed by atoms with Gasteiger partial charge in [0.2, 0.25) is 5.91 Å². The van der Waals surface area contributed by atoms with Crippen LogP contribution in [0.4, 0.5) is 5.69 Å². The summed E-state index contributed by atoms with van der Waals surface area (Å²) < 4.78 is 1.74. The van der Waals surface area contributed by atoms with Gasteiger partial charge < -0.3 is 15.0 Å². The van der Waals surface area contributed by atoms with Crippen molar-refractivity contribution in [3.05, 3.63) is 60.4 Å². The minimum absolute atomic E-state index is 0.109. The first-order valence-corrected chi connectivity index (χ1v) is 6.66. The van der Waals surface area contributed by atoms with E-state index in [0.717, 1.165) is 11.0 Å². The highest BCUT2D eigenvalue weighted by atomic mass is 16.4. The number of hydrogen-bond donors (Lipinski definition) is 2. The number of nitrogens with zero attached hydrogens (tertiary/aromatic N) is 2. The van der Waals surface area contributed by atoms with Gasteiger partial charge in [-0.15, -0.1) is 0 Å². The van der Waals surface area contributed by atoms with E-state index in [1.165, 1.54) is 12.1 Å². The van der Waals surface area contributed by atoms with Crippen molar-refractivity contribution in [2.75, 3.05) is 5.32 Å². The number of carbonyl (C=O) groups excluding carboxylic acids is 1. The van der Waals surface area contributed by atoms with E-state index in [1.54, 1.807) is 23.0 Å². The molecule has 0 saturated carbocycles. The zero-order valence-corrected chi connectivity index (χ0v) is 11.6. The Labute approximate surface area is 126 Å². The van der Waals surface area contributed by atoms with E-state index >= 15 is 0 Å². The first-order chi connectivity index (χ1) is 10.6. The van der Waals surface area contributed by atoms with Crippen LogP contribution in [0.25, 0.3) is 11.0 Å². The number of aromatic carboxylic acids is 1. The Morgan fingerprint density at radius 2 is 1.95 bits per heavy atom. The molecule has 2 aromatic carbocycles. The molecule has 3 rings (SSSR count). The highest BCUT2D eigenvalue weighted by Gasteiger charge is 2.09. The van der Waals surface area contributed by atoms with E-state index in [1.807, 2.05) is 24.3 Å². The minimum Gasteiger partial charge on any atom is -0.478 e. The summed E-state index contributed by atoms with van der Waals surface area (Å²) in [5.41, 5.74) is 2.28. The second kappa shape index (κ2) is 5.69. The maximum atomic E-state index is 12.1. The van der Waals surface area contributed by atoms with Crippen molar-refractivity contribution in [1.82, 2.24) is 9.55 Å². The van der Waals surface area contributed by atoms with Gasteiger partial charge in [-0.1, -0.05) is 18.2 Å². The average molecular weight is 295 g/mol. The molecule has 1 amide bonds. The first-order valence-electron chi connectivity index (χ1n) is 6.66. The summed E-state index contributed by atoms with van der Waals surface area (Å²) in [4.78, 5) is 27.2. The van der Waals surface area contributed by atoms with Crippen molar-refractivity contribution in [2.45, 2.75) is 6.54 Å². The van der Waals surface area contributed by atoms with Crippen LogP contribution in [0.15, 0.2) is 54.9 Å². The number of carbonyl (C=O) groups is 2. The molecule has 6 heteroatoms. The Hall–Kier alpha value is -3.15. The zero-order valence-electron chi connectivity index (χ0n) is 11.6. The molecule has 6 nitrogen and oxygen atoms in total. The Morgan fingerprint density at radius 3 is 2.77 bits per heavy atom. The highest BCUT2D eigenvalue weighted by Crippen LogP contribution is 2.13. The Kier molecular flexibility index (Phi) is 3.57. The predicted molar refractivity (Wildman–Crippen MR) is 81.8 cm³/mol. The number of rotatable bonds is 4. The molecular weight excluding hydrogens is 282 g/mol. The van der Waals surface area contributed by atoms with Gasteiger partial charge >= 0.3 is 5.97 Å². The number of hydrogen-bond acceptors (Lipinski definition) is 3. The number of carboxylic acids is 1. The van der Waals surface area contributed by atoms with E-state index in [-0.39, 0.29) is 18.0 Å². The lowest BCUT2D eigenvalue weighted by molar-refractivity contribution is -0.116. The average Bonchev–Trinajstić information content (AvgIpc) is 2.91. The number of anilines is 1. The monoisotopic (exact) mass is 295 g/mol. The standard InChI is InChI=1S/C16H13N3O3/c20-15(18-12-5-3-4-11(8-12)16(21)22)9-19-10-17-13-6-1-2-7-14(13)19/h1-8,10H,9H2,(H,18,20)(H,21,22). The van der Waals surface area contributed by atoms with E-state index in [2.05, 4.69) is 10.3 Å². The molecule has 3 aromatic rings. The number of benzene rings is 2. The molecule has 110 valence electrons. The van der Waals surface area contributed by atoms with Gasteiger partial charge in [0, 0.05) is 5.69 Å². The van der Waals surface area contributed by atoms with Crippen molar-refractivity contribution in [2.24, 2.45) is 0 Å². The van der Waals surface area contributed by atoms with E-state index in [0.29, 0.717) is 5.69 Å². The molecular formula is C16H13N3O3. The summed E-state index contributed by atoms with van der Waals surface area (Å²) in [6.07, 6.45) is 1.61.